The fourth-order valence-electron chi connectivity index (χ4n) is 3.03. The number of amides is 2. The van der Waals surface area contributed by atoms with Crippen LogP contribution in [0.1, 0.15) is 33.6 Å². The smallest absolute Gasteiger partial charge is 0.410 e. The second-order valence-corrected chi connectivity index (χ2v) is 8.61. The van der Waals surface area contributed by atoms with Gasteiger partial charge in [-0.3, -0.25) is 4.79 Å². The van der Waals surface area contributed by atoms with Gasteiger partial charge in [0.15, 0.2) is 5.13 Å². The molecule has 1 aliphatic heterocycles. The van der Waals surface area contributed by atoms with Crippen LogP contribution in [-0.2, 0) is 9.53 Å². The summed E-state index contributed by atoms with van der Waals surface area (Å²) in [6.07, 6.45) is 1.13. The van der Waals surface area contributed by atoms with Gasteiger partial charge in [0.05, 0.1) is 17.7 Å². The van der Waals surface area contributed by atoms with Crippen molar-refractivity contribution in [2.75, 3.05) is 25.5 Å². The third kappa shape index (κ3) is 4.68. The van der Waals surface area contributed by atoms with E-state index in [-0.39, 0.29) is 17.9 Å². The first kappa shape index (κ1) is 19.4. The first-order chi connectivity index (χ1) is 12.8. The molecule has 0 saturated carbocycles. The maximum absolute atomic E-state index is 12.7. The van der Waals surface area contributed by atoms with E-state index in [0.717, 1.165) is 23.1 Å². The summed E-state index contributed by atoms with van der Waals surface area (Å²) in [5, 5.41) is 3.43. The summed E-state index contributed by atoms with van der Waals surface area (Å²) in [5.41, 5.74) is 0.186. The minimum absolute atomic E-state index is 0.124. The summed E-state index contributed by atoms with van der Waals surface area (Å²) >= 11 is 1.41. The van der Waals surface area contributed by atoms with Crippen LogP contribution in [0.15, 0.2) is 18.2 Å². The number of piperidine rings is 1. The fraction of sp³-hybridized carbons (Fsp3) is 0.526. The van der Waals surface area contributed by atoms with Crippen molar-refractivity contribution in [2.24, 2.45) is 5.92 Å². The molecular formula is C19H25N3O4S. The maximum Gasteiger partial charge on any atom is 0.410 e. The van der Waals surface area contributed by atoms with Gasteiger partial charge in [0.2, 0.25) is 5.91 Å². The number of ether oxygens (including phenoxy) is 2. The van der Waals surface area contributed by atoms with Crippen molar-refractivity contribution in [1.29, 1.82) is 0 Å². The molecule has 27 heavy (non-hydrogen) atoms. The second kappa shape index (κ2) is 7.72. The van der Waals surface area contributed by atoms with Crippen molar-refractivity contribution in [3.8, 4) is 5.75 Å². The van der Waals surface area contributed by atoms with Crippen molar-refractivity contribution in [1.82, 2.24) is 9.88 Å². The highest BCUT2D eigenvalue weighted by Crippen LogP contribution is 2.32. The molecule has 0 aliphatic carbocycles. The lowest BCUT2D eigenvalue weighted by Crippen LogP contribution is -2.45. The number of hydrogen-bond acceptors (Lipinski definition) is 6. The van der Waals surface area contributed by atoms with Crippen LogP contribution in [0.25, 0.3) is 10.2 Å². The Labute approximate surface area is 162 Å². The van der Waals surface area contributed by atoms with Crippen molar-refractivity contribution < 1.29 is 19.1 Å². The number of hydrogen-bond donors (Lipinski definition) is 1. The molecule has 7 nitrogen and oxygen atoms in total. The normalized spacial score (nSPS) is 17.6. The molecule has 2 heterocycles. The lowest BCUT2D eigenvalue weighted by Gasteiger charge is -2.33. The van der Waals surface area contributed by atoms with Gasteiger partial charge in [-0.15, -0.1) is 0 Å². The summed E-state index contributed by atoms with van der Waals surface area (Å²) in [4.78, 5) is 31.1. The van der Waals surface area contributed by atoms with Crippen molar-refractivity contribution >= 4 is 38.7 Å². The van der Waals surface area contributed by atoms with Gasteiger partial charge in [-0.2, -0.15) is 0 Å². The molecule has 2 aromatic rings. The van der Waals surface area contributed by atoms with E-state index < -0.39 is 5.60 Å². The fourth-order valence-corrected chi connectivity index (χ4v) is 3.92. The lowest BCUT2D eigenvalue weighted by molar-refractivity contribution is -0.121. The molecule has 1 unspecified atom stereocenters. The number of carbonyl (C=O) groups excluding carboxylic acids is 2. The van der Waals surface area contributed by atoms with Crippen LogP contribution in [0.3, 0.4) is 0 Å². The summed E-state index contributed by atoms with van der Waals surface area (Å²) in [7, 11) is 1.60. The Kier molecular flexibility index (Phi) is 5.55. The van der Waals surface area contributed by atoms with Crippen LogP contribution < -0.4 is 10.1 Å². The van der Waals surface area contributed by atoms with Crippen molar-refractivity contribution in [3.05, 3.63) is 18.2 Å². The largest absolute Gasteiger partial charge is 0.494 e. The Balaban J connectivity index is 1.66. The zero-order valence-corrected chi connectivity index (χ0v) is 16.9. The number of thiazole rings is 1. The molecule has 0 bridgehead atoms. The molecule has 1 aliphatic rings. The Morgan fingerprint density at radius 3 is 2.81 bits per heavy atom. The number of anilines is 1. The molecule has 2 amide bonds. The summed E-state index contributed by atoms with van der Waals surface area (Å²) in [5.74, 6) is 0.277. The molecule has 1 saturated heterocycles. The predicted octanol–water partition coefficient (Wildman–Crippen LogP) is 3.89. The van der Waals surface area contributed by atoms with E-state index in [1.165, 1.54) is 11.3 Å². The molecule has 8 heteroatoms. The number of nitrogens with zero attached hydrogens (tertiary/aromatic N) is 2. The third-order valence-corrected chi connectivity index (χ3v) is 5.21. The molecule has 1 N–H and O–H groups in total. The van der Waals surface area contributed by atoms with E-state index >= 15 is 0 Å². The van der Waals surface area contributed by atoms with Crippen molar-refractivity contribution in [3.63, 3.8) is 0 Å². The first-order valence-electron chi connectivity index (χ1n) is 8.99. The Morgan fingerprint density at radius 2 is 2.11 bits per heavy atom. The van der Waals surface area contributed by atoms with Gasteiger partial charge in [-0.05, 0) is 45.7 Å². The number of benzene rings is 1. The van der Waals surface area contributed by atoms with E-state index in [1.807, 2.05) is 39.0 Å². The molecule has 1 aromatic carbocycles. The number of rotatable bonds is 3. The van der Waals surface area contributed by atoms with E-state index in [4.69, 9.17) is 9.47 Å². The van der Waals surface area contributed by atoms with Gasteiger partial charge >= 0.3 is 6.09 Å². The van der Waals surface area contributed by atoms with Gasteiger partial charge in [0, 0.05) is 13.1 Å². The minimum atomic E-state index is -0.549. The molecule has 146 valence electrons. The van der Waals surface area contributed by atoms with Crippen LogP contribution in [-0.4, -0.2) is 47.7 Å². The second-order valence-electron chi connectivity index (χ2n) is 7.58. The highest BCUT2D eigenvalue weighted by molar-refractivity contribution is 7.22. The third-order valence-electron chi connectivity index (χ3n) is 4.28. The van der Waals surface area contributed by atoms with Gasteiger partial charge in [-0.25, -0.2) is 9.78 Å². The number of carbonyl (C=O) groups is 2. The van der Waals surface area contributed by atoms with Crippen LogP contribution >= 0.6 is 11.3 Å². The highest BCUT2D eigenvalue weighted by Gasteiger charge is 2.31. The number of aromatic nitrogens is 1. The zero-order valence-electron chi connectivity index (χ0n) is 16.1. The summed E-state index contributed by atoms with van der Waals surface area (Å²) in [6, 6.07) is 5.67. The number of para-hydroxylation sites is 1. The molecule has 0 spiro atoms. The Hall–Kier alpha value is -2.35. The number of methoxy groups -OCH3 is 1. The number of fused-ring (bicyclic) bond motifs is 1. The molecule has 0 radical (unpaired) electrons. The van der Waals surface area contributed by atoms with Gasteiger partial charge in [-0.1, -0.05) is 17.4 Å². The molecular weight excluding hydrogens is 366 g/mol. The van der Waals surface area contributed by atoms with Gasteiger partial charge < -0.3 is 19.7 Å². The summed E-state index contributed by atoms with van der Waals surface area (Å²) < 4.78 is 11.7. The maximum atomic E-state index is 12.7. The van der Waals surface area contributed by atoms with E-state index in [0.29, 0.717) is 24.0 Å². The highest BCUT2D eigenvalue weighted by atomic mass is 32.1. The van der Waals surface area contributed by atoms with Crippen LogP contribution in [0.5, 0.6) is 5.75 Å². The van der Waals surface area contributed by atoms with Crippen molar-refractivity contribution in [2.45, 2.75) is 39.2 Å². The molecule has 1 aromatic heterocycles. The molecule has 1 atom stereocenters. The summed E-state index contributed by atoms with van der Waals surface area (Å²) in [6.45, 7) is 6.47. The van der Waals surface area contributed by atoms with E-state index in [1.54, 1.807) is 12.0 Å². The number of nitrogens with one attached hydrogen (secondary N) is 1. The average molecular weight is 391 g/mol. The Morgan fingerprint density at radius 1 is 1.33 bits per heavy atom. The van der Waals surface area contributed by atoms with Crippen LogP contribution in [0.2, 0.25) is 0 Å². The van der Waals surface area contributed by atoms with Crippen LogP contribution in [0, 0.1) is 5.92 Å². The van der Waals surface area contributed by atoms with Gasteiger partial charge in [0.25, 0.3) is 0 Å². The van der Waals surface area contributed by atoms with Gasteiger partial charge in [0.1, 0.15) is 16.9 Å². The Bertz CT molecular complexity index is 843. The average Bonchev–Trinajstić information content (AvgIpc) is 3.02. The SMILES string of the molecule is COc1cccc2sc(NC(=O)C3CCCN(C(=O)OC(C)(C)C)C3)nc12. The monoisotopic (exact) mass is 391 g/mol. The van der Waals surface area contributed by atoms with E-state index in [9.17, 15) is 9.59 Å². The minimum Gasteiger partial charge on any atom is -0.494 e. The predicted molar refractivity (Wildman–Crippen MR) is 105 cm³/mol. The zero-order chi connectivity index (χ0) is 19.6. The molecule has 1 fully saturated rings. The number of likely N-dealkylation sites (tertiary alicyclic amines) is 1. The topological polar surface area (TPSA) is 80.8 Å². The van der Waals surface area contributed by atoms with E-state index in [2.05, 4.69) is 10.3 Å². The first-order valence-corrected chi connectivity index (χ1v) is 9.81. The standard InChI is InChI=1S/C19H25N3O4S/c1-19(2,3)26-18(24)22-10-6-7-12(11-22)16(23)21-17-20-15-13(25-4)8-5-9-14(15)27-17/h5,8-9,12H,6-7,10-11H2,1-4H3,(H,20,21,23). The molecule has 3 rings (SSSR count). The van der Waals surface area contributed by atoms with Crippen LogP contribution in [0.4, 0.5) is 9.93 Å². The quantitative estimate of drug-likeness (QED) is 0.858. The lowest BCUT2D eigenvalue weighted by atomic mass is 9.97.